The normalized spacial score (nSPS) is 15.4. The first kappa shape index (κ1) is 25.5. The SMILES string of the molecule is CCOC(=O)C1=C(C)n2c(s/c(=C/c3cc(Br)c(O)c(OC)c3)c2=O)=N[C@@H]1c1ccc(O)c(OC)c1. The fraction of sp³-hybridized carbons (Fsp3) is 0.240. The van der Waals surface area contributed by atoms with Crippen molar-refractivity contribution in [2.24, 2.45) is 4.99 Å². The Morgan fingerprint density at radius 1 is 1.19 bits per heavy atom. The van der Waals surface area contributed by atoms with E-state index in [-0.39, 0.29) is 40.7 Å². The first-order chi connectivity index (χ1) is 17.2. The molecule has 0 fully saturated rings. The van der Waals surface area contributed by atoms with Crippen molar-refractivity contribution in [3.8, 4) is 23.0 Å². The number of hydrogen-bond donors (Lipinski definition) is 2. The molecule has 2 aromatic carbocycles. The van der Waals surface area contributed by atoms with Gasteiger partial charge in [-0.05, 0) is 71.2 Å². The summed E-state index contributed by atoms with van der Waals surface area (Å²) in [5.41, 5.74) is 1.50. The fourth-order valence-electron chi connectivity index (χ4n) is 3.91. The molecular weight excluding hydrogens is 552 g/mol. The molecule has 3 aromatic rings. The number of esters is 1. The molecule has 1 aliphatic rings. The summed E-state index contributed by atoms with van der Waals surface area (Å²) in [7, 11) is 2.87. The number of aromatic nitrogens is 1. The number of allylic oxidation sites excluding steroid dienone is 1. The highest BCUT2D eigenvalue weighted by Gasteiger charge is 2.32. The van der Waals surface area contributed by atoms with Crippen LogP contribution in [-0.2, 0) is 9.53 Å². The zero-order valence-corrected chi connectivity index (χ0v) is 22.3. The van der Waals surface area contributed by atoms with Crippen molar-refractivity contribution in [1.29, 1.82) is 0 Å². The molecule has 9 nitrogen and oxygen atoms in total. The summed E-state index contributed by atoms with van der Waals surface area (Å²) < 4.78 is 17.9. The van der Waals surface area contributed by atoms with Crippen LogP contribution in [0.1, 0.15) is 31.0 Å². The van der Waals surface area contributed by atoms with Crippen molar-refractivity contribution in [2.45, 2.75) is 19.9 Å². The van der Waals surface area contributed by atoms with Crippen molar-refractivity contribution in [1.82, 2.24) is 4.57 Å². The Morgan fingerprint density at radius 2 is 1.92 bits per heavy atom. The van der Waals surface area contributed by atoms with Gasteiger partial charge in [-0.2, -0.15) is 0 Å². The third kappa shape index (κ3) is 4.51. The molecule has 0 saturated heterocycles. The molecular formula is C25H23BrN2O7S. The largest absolute Gasteiger partial charge is 0.504 e. The zero-order chi connectivity index (χ0) is 26.1. The molecule has 36 heavy (non-hydrogen) atoms. The fourth-order valence-corrected chi connectivity index (χ4v) is 5.41. The van der Waals surface area contributed by atoms with Gasteiger partial charge < -0.3 is 24.4 Å². The van der Waals surface area contributed by atoms with Gasteiger partial charge in [0.05, 0.1) is 35.4 Å². The van der Waals surface area contributed by atoms with Crippen LogP contribution >= 0.6 is 27.3 Å². The van der Waals surface area contributed by atoms with Gasteiger partial charge in [0.25, 0.3) is 5.56 Å². The van der Waals surface area contributed by atoms with Crippen molar-refractivity contribution < 1.29 is 29.2 Å². The smallest absolute Gasteiger partial charge is 0.338 e. The van der Waals surface area contributed by atoms with Crippen LogP contribution in [-0.4, -0.2) is 41.6 Å². The lowest BCUT2D eigenvalue weighted by molar-refractivity contribution is -0.138. The summed E-state index contributed by atoms with van der Waals surface area (Å²) in [5.74, 6) is -0.188. The second-order valence-electron chi connectivity index (χ2n) is 7.77. The predicted octanol–water partition coefficient (Wildman–Crippen LogP) is 3.10. The molecule has 1 aliphatic heterocycles. The lowest BCUT2D eigenvalue weighted by Crippen LogP contribution is -2.35. The molecule has 0 spiro atoms. The van der Waals surface area contributed by atoms with Crippen LogP contribution in [0.5, 0.6) is 23.0 Å². The van der Waals surface area contributed by atoms with E-state index in [0.29, 0.717) is 30.6 Å². The number of carbonyl (C=O) groups is 1. The first-order valence-corrected chi connectivity index (χ1v) is 12.4. The number of rotatable bonds is 6. The maximum atomic E-state index is 13.4. The molecule has 1 atom stereocenters. The van der Waals surface area contributed by atoms with Crippen molar-refractivity contribution in [2.75, 3.05) is 20.8 Å². The Labute approximate surface area is 218 Å². The third-order valence-corrected chi connectivity index (χ3v) is 7.22. The van der Waals surface area contributed by atoms with Crippen LogP contribution in [0.2, 0.25) is 0 Å². The average Bonchev–Trinajstić information content (AvgIpc) is 3.16. The van der Waals surface area contributed by atoms with Gasteiger partial charge in [-0.3, -0.25) is 9.36 Å². The topological polar surface area (TPSA) is 120 Å². The van der Waals surface area contributed by atoms with Crippen LogP contribution in [0.25, 0.3) is 11.8 Å². The van der Waals surface area contributed by atoms with Gasteiger partial charge in [-0.25, -0.2) is 9.79 Å². The quantitative estimate of drug-likeness (QED) is 0.434. The summed E-state index contributed by atoms with van der Waals surface area (Å²) in [6.07, 6.45) is 1.66. The lowest BCUT2D eigenvalue weighted by atomic mass is 9.96. The zero-order valence-electron chi connectivity index (χ0n) is 19.9. The highest BCUT2D eigenvalue weighted by Crippen LogP contribution is 2.37. The molecule has 0 saturated carbocycles. The van der Waals surface area contributed by atoms with Crippen molar-refractivity contribution in [3.05, 3.63) is 71.2 Å². The molecule has 0 aliphatic carbocycles. The van der Waals surface area contributed by atoms with Crippen LogP contribution < -0.4 is 24.4 Å². The van der Waals surface area contributed by atoms with Gasteiger partial charge in [0.1, 0.15) is 6.04 Å². The number of halogens is 1. The number of benzene rings is 2. The van der Waals surface area contributed by atoms with Gasteiger partial charge in [0.2, 0.25) is 0 Å². The summed E-state index contributed by atoms with van der Waals surface area (Å²) >= 11 is 4.46. The van der Waals surface area contributed by atoms with Gasteiger partial charge in [0.15, 0.2) is 27.8 Å². The number of hydrogen-bond acceptors (Lipinski definition) is 9. The second kappa shape index (κ2) is 10.2. The molecule has 0 bridgehead atoms. The van der Waals surface area contributed by atoms with E-state index < -0.39 is 12.0 Å². The molecule has 0 unspecified atom stereocenters. The number of phenolic OH excluding ortho intramolecular Hbond substituents is 2. The van der Waals surface area contributed by atoms with E-state index in [1.54, 1.807) is 44.2 Å². The van der Waals surface area contributed by atoms with Gasteiger partial charge in [-0.1, -0.05) is 17.4 Å². The first-order valence-electron chi connectivity index (χ1n) is 10.8. The number of carbonyl (C=O) groups excluding carboxylic acids is 1. The summed E-state index contributed by atoms with van der Waals surface area (Å²) in [6.45, 7) is 3.53. The standard InChI is InChI=1S/C25H23BrN2O7S/c1-5-35-24(32)20-12(2)28-23(31)19(10-13-8-15(26)22(30)18(9-13)34-4)36-25(28)27-21(20)14-6-7-16(29)17(11-14)33-3/h6-11,21,29-30H,5H2,1-4H3/b19-10+/t21-/m1/s1. The number of aromatic hydroxyl groups is 2. The highest BCUT2D eigenvalue weighted by molar-refractivity contribution is 9.10. The van der Waals surface area contributed by atoms with Gasteiger partial charge in [-0.15, -0.1) is 0 Å². The van der Waals surface area contributed by atoms with E-state index in [1.807, 2.05) is 0 Å². The number of nitrogens with zero attached hydrogens (tertiary/aromatic N) is 2. The number of phenols is 2. The molecule has 1 aromatic heterocycles. The van der Waals surface area contributed by atoms with Crippen LogP contribution in [0.15, 0.2) is 50.2 Å². The van der Waals surface area contributed by atoms with E-state index >= 15 is 0 Å². The Hall–Kier alpha value is -3.57. The van der Waals surface area contributed by atoms with Crippen LogP contribution in [0, 0.1) is 0 Å². The molecule has 2 heterocycles. The van der Waals surface area contributed by atoms with Crippen LogP contribution in [0.3, 0.4) is 0 Å². The molecule has 11 heteroatoms. The maximum absolute atomic E-state index is 13.4. The number of fused-ring (bicyclic) bond motifs is 1. The minimum Gasteiger partial charge on any atom is -0.504 e. The second-order valence-corrected chi connectivity index (χ2v) is 9.63. The summed E-state index contributed by atoms with van der Waals surface area (Å²) in [6, 6.07) is 7.21. The summed E-state index contributed by atoms with van der Waals surface area (Å²) in [5, 5.41) is 20.1. The minimum absolute atomic E-state index is 0.0446. The van der Waals surface area contributed by atoms with Gasteiger partial charge in [0, 0.05) is 5.70 Å². The maximum Gasteiger partial charge on any atom is 0.338 e. The number of methoxy groups -OCH3 is 2. The molecule has 188 valence electrons. The molecule has 0 radical (unpaired) electrons. The molecule has 2 N–H and O–H groups in total. The number of ether oxygens (including phenoxy) is 3. The van der Waals surface area contributed by atoms with E-state index in [4.69, 9.17) is 19.2 Å². The number of thiazole rings is 1. The monoisotopic (exact) mass is 574 g/mol. The van der Waals surface area contributed by atoms with E-state index in [1.165, 1.54) is 36.2 Å². The third-order valence-electron chi connectivity index (χ3n) is 5.63. The molecule has 4 rings (SSSR count). The highest BCUT2D eigenvalue weighted by atomic mass is 79.9. The molecule has 0 amide bonds. The van der Waals surface area contributed by atoms with Crippen LogP contribution in [0.4, 0.5) is 0 Å². The van der Waals surface area contributed by atoms with Crippen molar-refractivity contribution in [3.63, 3.8) is 0 Å². The summed E-state index contributed by atoms with van der Waals surface area (Å²) in [4.78, 5) is 31.5. The predicted molar refractivity (Wildman–Crippen MR) is 138 cm³/mol. The minimum atomic E-state index is -0.771. The average molecular weight is 575 g/mol. The Balaban J connectivity index is 1.96. The Bertz CT molecular complexity index is 1570. The lowest BCUT2D eigenvalue weighted by Gasteiger charge is -2.22. The van der Waals surface area contributed by atoms with E-state index in [2.05, 4.69) is 15.9 Å². The Morgan fingerprint density at radius 3 is 2.58 bits per heavy atom. The van der Waals surface area contributed by atoms with Gasteiger partial charge >= 0.3 is 5.97 Å². The Kier molecular flexibility index (Phi) is 7.23. The van der Waals surface area contributed by atoms with E-state index in [9.17, 15) is 19.8 Å². The van der Waals surface area contributed by atoms with Crippen molar-refractivity contribution >= 4 is 45.0 Å². The van der Waals surface area contributed by atoms with E-state index in [0.717, 1.165) is 0 Å².